The van der Waals surface area contributed by atoms with E-state index in [1.54, 1.807) is 0 Å². The van der Waals surface area contributed by atoms with Crippen molar-refractivity contribution in [3.05, 3.63) is 0 Å². The molecule has 0 aromatic carbocycles. The summed E-state index contributed by atoms with van der Waals surface area (Å²) in [6, 6.07) is 0. The molecule has 3 heteroatoms. The van der Waals surface area contributed by atoms with Crippen LogP contribution in [0.1, 0.15) is 13.8 Å². The van der Waals surface area contributed by atoms with Gasteiger partial charge in [-0.2, -0.15) is 0 Å². The molecule has 0 aliphatic rings. The van der Waals surface area contributed by atoms with Crippen LogP contribution < -0.4 is 0 Å². The van der Waals surface area contributed by atoms with Crippen LogP contribution in [0.4, 0.5) is 0 Å². The molecular weight excluding hydrogens is 238 g/mol. The fourth-order valence-corrected chi connectivity index (χ4v) is 1.74. The predicted octanol–water partition coefficient (Wildman–Crippen LogP) is 1.69. The molecule has 0 heterocycles. The first-order valence-electron chi connectivity index (χ1n) is 3.18. The van der Waals surface area contributed by atoms with Crippen LogP contribution in [0.3, 0.4) is 0 Å². The van der Waals surface area contributed by atoms with E-state index in [0.29, 0.717) is 0 Å². The Morgan fingerprint density at radius 1 is 1.40 bits per heavy atom. The molecule has 0 saturated heterocycles. The van der Waals surface area contributed by atoms with Crippen LogP contribution in [0.2, 0.25) is 13.1 Å². The number of esters is 1. The van der Waals surface area contributed by atoms with Crippen molar-refractivity contribution in [1.29, 1.82) is 0 Å². The summed E-state index contributed by atoms with van der Waals surface area (Å²) in [5.41, 5.74) is 0. The van der Waals surface area contributed by atoms with Crippen molar-refractivity contribution in [1.82, 2.24) is 0 Å². The Balaban J connectivity index is 4.24. The number of carbonyl (C=O) groups is 1. The van der Waals surface area contributed by atoms with E-state index < -0.39 is 20.2 Å². The molecule has 0 saturated carbocycles. The van der Waals surface area contributed by atoms with Crippen molar-refractivity contribution in [2.45, 2.75) is 26.9 Å². The van der Waals surface area contributed by atoms with E-state index in [4.69, 9.17) is 0 Å². The maximum absolute atomic E-state index is 11.1. The van der Waals surface area contributed by atoms with Crippen LogP contribution in [-0.4, -0.2) is 33.3 Å². The number of methoxy groups -OCH3 is 1. The van der Waals surface area contributed by atoms with Crippen molar-refractivity contribution >= 4 is 26.2 Å². The van der Waals surface area contributed by atoms with Crippen LogP contribution in [0.15, 0.2) is 0 Å². The molecule has 60 valence electrons. The van der Waals surface area contributed by atoms with Gasteiger partial charge in [0.05, 0.1) is 0 Å². The molecule has 0 aromatic rings. The Morgan fingerprint density at radius 3 is 1.90 bits per heavy atom. The van der Waals surface area contributed by atoms with Gasteiger partial charge in [0.25, 0.3) is 0 Å². The van der Waals surface area contributed by atoms with Crippen LogP contribution >= 0.6 is 0 Å². The molecule has 2 nitrogen and oxygen atoms in total. The third kappa shape index (κ3) is 2.16. The van der Waals surface area contributed by atoms with Crippen LogP contribution in [-0.2, 0) is 9.53 Å². The Hall–Kier alpha value is 0.288. The average molecular weight is 253 g/mol. The summed E-state index contributed by atoms with van der Waals surface area (Å²) in [5.74, 6) is -0.0551. The van der Waals surface area contributed by atoms with E-state index in [1.165, 1.54) is 7.11 Å². The van der Waals surface area contributed by atoms with Gasteiger partial charge in [0.2, 0.25) is 0 Å². The van der Waals surface area contributed by atoms with Gasteiger partial charge in [0, 0.05) is 0 Å². The van der Waals surface area contributed by atoms with Gasteiger partial charge in [-0.25, -0.2) is 0 Å². The minimum atomic E-state index is -1.33. The van der Waals surface area contributed by atoms with Gasteiger partial charge in [-0.05, 0) is 0 Å². The molecule has 0 radical (unpaired) electrons. The van der Waals surface area contributed by atoms with Gasteiger partial charge < -0.3 is 0 Å². The van der Waals surface area contributed by atoms with Crippen molar-refractivity contribution in [2.24, 2.45) is 0 Å². The molecular formula is C7H15O2Sb. The van der Waals surface area contributed by atoms with Gasteiger partial charge in [0.15, 0.2) is 0 Å². The van der Waals surface area contributed by atoms with E-state index in [0.717, 1.165) is 0 Å². The Bertz CT molecular complexity index is 130. The Morgan fingerprint density at radius 2 is 1.80 bits per heavy atom. The summed E-state index contributed by atoms with van der Waals surface area (Å²) in [7, 11) is 1.45. The van der Waals surface area contributed by atoms with E-state index >= 15 is 0 Å². The first-order chi connectivity index (χ1) is 4.42. The Kier molecular flexibility index (Phi) is 3.72. The van der Waals surface area contributed by atoms with Crippen molar-refractivity contribution in [3.63, 3.8) is 0 Å². The normalized spacial score (nSPS) is 11.8. The standard InChI is InChI=1S/C5H9O2.2CH3.Sb/c1-4(2)5(6)7-3;;;/h1-3H3;2*1H3;. The summed E-state index contributed by atoms with van der Waals surface area (Å²) < 4.78 is 4.51. The van der Waals surface area contributed by atoms with Gasteiger partial charge in [-0.3, -0.25) is 0 Å². The third-order valence-electron chi connectivity index (χ3n) is 1.80. The van der Waals surface area contributed by atoms with E-state index in [9.17, 15) is 4.79 Å². The summed E-state index contributed by atoms with van der Waals surface area (Å²) >= 11 is -1.33. The molecule has 0 aromatic heterocycles. The second kappa shape index (κ2) is 3.61. The molecule has 10 heavy (non-hydrogen) atoms. The number of hydrogen-bond donors (Lipinski definition) is 0. The Labute approximate surface area is 69.9 Å². The summed E-state index contributed by atoms with van der Waals surface area (Å²) in [4.78, 5) is 15.5. The topological polar surface area (TPSA) is 26.3 Å². The van der Waals surface area contributed by atoms with Crippen molar-refractivity contribution in [2.75, 3.05) is 7.11 Å². The zero-order valence-corrected chi connectivity index (χ0v) is 9.82. The number of rotatable bonds is 2. The monoisotopic (exact) mass is 252 g/mol. The van der Waals surface area contributed by atoms with E-state index in [2.05, 4.69) is 14.5 Å². The summed E-state index contributed by atoms with van der Waals surface area (Å²) in [6.45, 7) is 3.95. The molecule has 0 bridgehead atoms. The molecule has 0 unspecified atom stereocenters. The number of hydrogen-bond acceptors (Lipinski definition) is 2. The van der Waals surface area contributed by atoms with Gasteiger partial charge in [-0.1, -0.05) is 0 Å². The van der Waals surface area contributed by atoms with Gasteiger partial charge in [-0.15, -0.1) is 0 Å². The molecule has 0 amide bonds. The molecule has 0 fully saturated rings. The zero-order chi connectivity index (χ0) is 8.36. The average Bonchev–Trinajstić information content (AvgIpc) is 1.86. The predicted molar refractivity (Wildman–Crippen MR) is 43.5 cm³/mol. The number of ether oxygens (including phenoxy) is 1. The molecule has 0 N–H and O–H groups in total. The summed E-state index contributed by atoms with van der Waals surface area (Å²) in [5, 5.41) is 0. The second-order valence-corrected chi connectivity index (χ2v) is 11.2. The maximum atomic E-state index is 11.1. The first-order valence-corrected chi connectivity index (χ1v) is 9.57. The minimum absolute atomic E-state index is 0.0551. The molecule has 0 aliphatic heterocycles. The van der Waals surface area contributed by atoms with E-state index in [1.807, 2.05) is 13.8 Å². The fraction of sp³-hybridized carbons (Fsp3) is 0.857. The van der Waals surface area contributed by atoms with Crippen LogP contribution in [0, 0.1) is 0 Å². The van der Waals surface area contributed by atoms with Gasteiger partial charge in [0.1, 0.15) is 0 Å². The van der Waals surface area contributed by atoms with Gasteiger partial charge >= 0.3 is 69.8 Å². The SMILES string of the molecule is COC(=O)[C](C)(C)[Sb]([CH3])[CH3]. The van der Waals surface area contributed by atoms with E-state index in [-0.39, 0.29) is 9.33 Å². The summed E-state index contributed by atoms with van der Waals surface area (Å²) in [6.07, 6.45) is 0. The molecule has 0 atom stereocenters. The van der Waals surface area contributed by atoms with Crippen LogP contribution in [0.25, 0.3) is 0 Å². The first kappa shape index (κ1) is 10.3. The van der Waals surface area contributed by atoms with Crippen molar-refractivity contribution < 1.29 is 9.53 Å². The quantitative estimate of drug-likeness (QED) is 0.553. The van der Waals surface area contributed by atoms with Crippen molar-refractivity contribution in [3.8, 4) is 0 Å². The zero-order valence-electron chi connectivity index (χ0n) is 7.26. The second-order valence-electron chi connectivity index (χ2n) is 2.95. The number of carbonyl (C=O) groups excluding carboxylic acids is 1. The molecule has 0 spiro atoms. The third-order valence-corrected chi connectivity index (χ3v) is 8.71. The fourth-order valence-electron chi connectivity index (χ4n) is 0.432. The molecule has 0 aliphatic carbocycles. The molecule has 0 rings (SSSR count). The van der Waals surface area contributed by atoms with Crippen LogP contribution in [0.5, 0.6) is 0 Å².